The van der Waals surface area contributed by atoms with E-state index in [1.54, 1.807) is 12.1 Å². The summed E-state index contributed by atoms with van der Waals surface area (Å²) in [6.07, 6.45) is 3.30. The van der Waals surface area contributed by atoms with Gasteiger partial charge in [0.05, 0.1) is 6.26 Å². The molecule has 78 valence electrons. The van der Waals surface area contributed by atoms with Gasteiger partial charge in [0.2, 0.25) is 0 Å². The molecular formula is C8H6N2O2S3. The van der Waals surface area contributed by atoms with E-state index in [1.807, 2.05) is 6.26 Å². The summed E-state index contributed by atoms with van der Waals surface area (Å²) in [5, 5.41) is 0.589. The van der Waals surface area contributed by atoms with E-state index in [0.717, 1.165) is 11.5 Å². The van der Waals surface area contributed by atoms with E-state index < -0.39 is 0 Å². The molecule has 0 aromatic carbocycles. The molecule has 0 spiro atoms. The van der Waals surface area contributed by atoms with Crippen LogP contribution in [0.2, 0.25) is 0 Å². The summed E-state index contributed by atoms with van der Waals surface area (Å²) >= 11 is 7.53. The first kappa shape index (κ1) is 10.6. The van der Waals surface area contributed by atoms with Crippen molar-refractivity contribution in [1.29, 1.82) is 0 Å². The summed E-state index contributed by atoms with van der Waals surface area (Å²) in [6, 6.07) is 3.27. The smallest absolute Gasteiger partial charge is 0.301 e. The third-order valence-corrected chi connectivity index (χ3v) is 3.46. The molecular weight excluding hydrogens is 252 g/mol. The maximum atomic E-state index is 11.9. The molecule has 0 atom stereocenters. The molecule has 4 nitrogen and oxygen atoms in total. The molecule has 2 rings (SSSR count). The second kappa shape index (κ2) is 4.30. The van der Waals surface area contributed by atoms with Crippen LogP contribution in [0.1, 0.15) is 10.6 Å². The van der Waals surface area contributed by atoms with Crippen LogP contribution in [0.4, 0.5) is 0 Å². The Kier molecular flexibility index (Phi) is 3.03. The van der Waals surface area contributed by atoms with Crippen molar-refractivity contribution in [2.45, 2.75) is 5.16 Å². The Hall–Kier alpha value is -0.920. The first-order chi connectivity index (χ1) is 7.24. The molecule has 0 amide bonds. The van der Waals surface area contributed by atoms with E-state index in [-0.39, 0.29) is 11.7 Å². The molecule has 15 heavy (non-hydrogen) atoms. The van der Waals surface area contributed by atoms with Crippen LogP contribution in [-0.4, -0.2) is 21.1 Å². The number of hydrogen-bond donors (Lipinski definition) is 0. The summed E-state index contributed by atoms with van der Waals surface area (Å²) in [6.45, 7) is 0. The zero-order chi connectivity index (χ0) is 10.8. The van der Waals surface area contributed by atoms with E-state index >= 15 is 0 Å². The number of aromatic nitrogens is 2. The highest BCUT2D eigenvalue weighted by Crippen LogP contribution is 2.18. The Balaban J connectivity index is 2.50. The van der Waals surface area contributed by atoms with Gasteiger partial charge in [0.15, 0.2) is 14.9 Å². The first-order valence-corrected chi connectivity index (χ1v) is 6.35. The van der Waals surface area contributed by atoms with Crippen LogP contribution in [0.25, 0.3) is 0 Å². The lowest BCUT2D eigenvalue weighted by molar-refractivity contribution is 0.0921. The first-order valence-electron chi connectivity index (χ1n) is 3.95. The molecule has 0 N–H and O–H groups in total. The van der Waals surface area contributed by atoms with E-state index in [9.17, 15) is 4.79 Å². The molecule has 0 unspecified atom stereocenters. The third-order valence-electron chi connectivity index (χ3n) is 1.69. The summed E-state index contributed by atoms with van der Waals surface area (Å²) in [7, 11) is 0. The Morgan fingerprint density at radius 3 is 3.13 bits per heavy atom. The monoisotopic (exact) mass is 258 g/mol. The Morgan fingerprint density at radius 2 is 2.53 bits per heavy atom. The number of furan rings is 1. The number of thioether (sulfide) groups is 1. The molecule has 0 saturated heterocycles. The maximum Gasteiger partial charge on any atom is 0.301 e. The molecule has 0 aliphatic carbocycles. The molecule has 0 fully saturated rings. The molecule has 7 heteroatoms. The van der Waals surface area contributed by atoms with Crippen molar-refractivity contribution < 1.29 is 9.21 Å². The maximum absolute atomic E-state index is 11.9. The molecule has 2 aromatic heterocycles. The summed E-state index contributed by atoms with van der Waals surface area (Å²) < 4.78 is 10.9. The Morgan fingerprint density at radius 1 is 1.73 bits per heavy atom. The van der Waals surface area contributed by atoms with Gasteiger partial charge in [-0.15, -0.1) is 0 Å². The Bertz CT molecular complexity index is 526. The molecule has 0 aliphatic heterocycles. The van der Waals surface area contributed by atoms with Crippen LogP contribution in [0.3, 0.4) is 0 Å². The van der Waals surface area contributed by atoms with Gasteiger partial charge in [0.25, 0.3) is 0 Å². The standard InChI is InChI=1S/C8H6N2O2S3/c1-14-7-9-15-8(13)10(7)6(11)5-3-2-4-12-5/h2-4H,1H3. The average Bonchev–Trinajstić information content (AvgIpc) is 2.85. The van der Waals surface area contributed by atoms with Crippen molar-refractivity contribution in [2.75, 3.05) is 6.26 Å². The lowest BCUT2D eigenvalue weighted by atomic mass is 10.4. The second-order valence-corrected chi connectivity index (χ2v) is 4.72. The number of carbonyl (C=O) groups is 1. The molecule has 0 bridgehead atoms. The van der Waals surface area contributed by atoms with Crippen LogP contribution in [0, 0.1) is 3.95 Å². The summed E-state index contributed by atoms with van der Waals surface area (Å²) in [5.41, 5.74) is 0. The SMILES string of the molecule is CSc1nsc(=S)n1C(=O)c1ccco1. The summed E-state index contributed by atoms with van der Waals surface area (Å²) in [5.74, 6) is -0.00954. The molecule has 2 heterocycles. The fourth-order valence-electron chi connectivity index (χ4n) is 1.05. The number of hydrogen-bond acceptors (Lipinski definition) is 6. The van der Waals surface area contributed by atoms with Crippen LogP contribution in [0.15, 0.2) is 28.0 Å². The normalized spacial score (nSPS) is 10.5. The van der Waals surface area contributed by atoms with Crippen LogP contribution in [0.5, 0.6) is 0 Å². The largest absolute Gasteiger partial charge is 0.459 e. The van der Waals surface area contributed by atoms with E-state index in [4.69, 9.17) is 16.6 Å². The fourth-order valence-corrected chi connectivity index (χ4v) is 2.70. The van der Waals surface area contributed by atoms with Gasteiger partial charge in [-0.25, -0.2) is 4.57 Å². The minimum absolute atomic E-state index is 0.265. The number of nitrogens with zero attached hydrogens (tertiary/aromatic N) is 2. The second-order valence-electron chi connectivity index (χ2n) is 2.55. The summed E-state index contributed by atoms with van der Waals surface area (Å²) in [4.78, 5) is 11.9. The van der Waals surface area contributed by atoms with E-state index in [1.165, 1.54) is 22.6 Å². The highest BCUT2D eigenvalue weighted by Gasteiger charge is 2.17. The zero-order valence-corrected chi connectivity index (χ0v) is 10.1. The van der Waals surface area contributed by atoms with Crippen LogP contribution < -0.4 is 0 Å². The van der Waals surface area contributed by atoms with Gasteiger partial charge in [-0.1, -0.05) is 11.8 Å². The number of carbonyl (C=O) groups excluding carboxylic acids is 1. The third kappa shape index (κ3) is 1.90. The molecule has 0 radical (unpaired) electrons. The van der Waals surface area contributed by atoms with Gasteiger partial charge in [-0.05, 0) is 42.1 Å². The van der Waals surface area contributed by atoms with E-state index in [2.05, 4.69) is 4.37 Å². The highest BCUT2D eigenvalue weighted by molar-refractivity contribution is 7.98. The van der Waals surface area contributed by atoms with Crippen molar-refractivity contribution in [2.24, 2.45) is 0 Å². The van der Waals surface area contributed by atoms with Crippen molar-refractivity contribution in [3.63, 3.8) is 0 Å². The molecule has 2 aromatic rings. The Labute approximate surface area is 99.1 Å². The number of rotatable bonds is 2. The minimum atomic E-state index is -0.275. The van der Waals surface area contributed by atoms with Crippen LogP contribution >= 0.6 is 35.5 Å². The van der Waals surface area contributed by atoms with Gasteiger partial charge in [0, 0.05) is 0 Å². The van der Waals surface area contributed by atoms with Gasteiger partial charge < -0.3 is 4.42 Å². The van der Waals surface area contributed by atoms with Crippen molar-refractivity contribution >= 4 is 41.4 Å². The van der Waals surface area contributed by atoms with Crippen molar-refractivity contribution in [3.8, 4) is 0 Å². The molecule has 0 aliphatic rings. The van der Waals surface area contributed by atoms with Crippen molar-refractivity contribution in [1.82, 2.24) is 8.94 Å². The van der Waals surface area contributed by atoms with E-state index in [0.29, 0.717) is 9.11 Å². The average molecular weight is 258 g/mol. The van der Waals surface area contributed by atoms with Gasteiger partial charge in [0.1, 0.15) is 0 Å². The van der Waals surface area contributed by atoms with Gasteiger partial charge >= 0.3 is 5.91 Å². The highest BCUT2D eigenvalue weighted by atomic mass is 32.2. The quantitative estimate of drug-likeness (QED) is 0.612. The fraction of sp³-hybridized carbons (Fsp3) is 0.125. The van der Waals surface area contributed by atoms with Crippen molar-refractivity contribution in [3.05, 3.63) is 28.1 Å². The lowest BCUT2D eigenvalue weighted by Gasteiger charge is -1.99. The van der Waals surface area contributed by atoms with Gasteiger partial charge in [-0.3, -0.25) is 4.79 Å². The topological polar surface area (TPSA) is 48.0 Å². The minimum Gasteiger partial charge on any atom is -0.459 e. The lowest BCUT2D eigenvalue weighted by Crippen LogP contribution is -2.12. The van der Waals surface area contributed by atoms with Gasteiger partial charge in [-0.2, -0.15) is 4.37 Å². The predicted octanol–water partition coefficient (Wildman–Crippen LogP) is 2.68. The van der Waals surface area contributed by atoms with Crippen LogP contribution in [-0.2, 0) is 0 Å². The zero-order valence-electron chi connectivity index (χ0n) is 7.67. The predicted molar refractivity (Wildman–Crippen MR) is 61.2 cm³/mol. The molecule has 0 saturated carbocycles.